The molecule has 6 heteroatoms. The quantitative estimate of drug-likeness (QED) is 0.733. The van der Waals surface area contributed by atoms with Crippen molar-refractivity contribution < 1.29 is 9.59 Å². The van der Waals surface area contributed by atoms with E-state index in [0.29, 0.717) is 12.2 Å². The van der Waals surface area contributed by atoms with E-state index in [1.165, 1.54) is 6.20 Å². The molecule has 0 radical (unpaired) electrons. The summed E-state index contributed by atoms with van der Waals surface area (Å²) in [5.74, 6) is -1.38. The van der Waals surface area contributed by atoms with Gasteiger partial charge < -0.3 is 16.0 Å². The number of carbonyl (C=O) groups is 2. The lowest BCUT2D eigenvalue weighted by molar-refractivity contribution is -0.136. The minimum Gasteiger partial charge on any atom is -0.383 e. The zero-order valence-electron chi connectivity index (χ0n) is 12.2. The van der Waals surface area contributed by atoms with Gasteiger partial charge in [0.25, 0.3) is 0 Å². The highest BCUT2D eigenvalue weighted by atomic mass is 16.2. The number of rotatable bonds is 5. The maximum Gasteiger partial charge on any atom is 0.313 e. The van der Waals surface area contributed by atoms with Crippen molar-refractivity contribution in [2.45, 2.75) is 13.0 Å². The number of pyridine rings is 1. The first-order valence-electron chi connectivity index (χ1n) is 6.96. The lowest BCUT2D eigenvalue weighted by Gasteiger charge is -2.15. The largest absolute Gasteiger partial charge is 0.383 e. The molecule has 1 aromatic carbocycles. The molecule has 3 N–H and O–H groups in total. The fourth-order valence-electron chi connectivity index (χ4n) is 1.79. The van der Waals surface area contributed by atoms with Crippen molar-refractivity contribution in [1.29, 1.82) is 0 Å². The number of hydrogen-bond acceptors (Lipinski definition) is 4. The smallest absolute Gasteiger partial charge is 0.313 e. The summed E-state index contributed by atoms with van der Waals surface area (Å²) in [7, 11) is 0. The monoisotopic (exact) mass is 298 g/mol. The summed E-state index contributed by atoms with van der Waals surface area (Å²) in [6.45, 7) is 2.35. The van der Waals surface area contributed by atoms with Crippen LogP contribution in [0.3, 0.4) is 0 Å². The zero-order chi connectivity index (χ0) is 15.8. The van der Waals surface area contributed by atoms with Gasteiger partial charge in [-0.15, -0.1) is 0 Å². The Morgan fingerprint density at radius 3 is 2.45 bits per heavy atom. The normalized spacial score (nSPS) is 11.3. The van der Waals surface area contributed by atoms with Gasteiger partial charge >= 0.3 is 11.8 Å². The van der Waals surface area contributed by atoms with E-state index in [2.05, 4.69) is 20.9 Å². The van der Waals surface area contributed by atoms with E-state index in [0.717, 1.165) is 5.69 Å². The number of hydrogen-bond donors (Lipinski definition) is 3. The van der Waals surface area contributed by atoms with Gasteiger partial charge in [-0.2, -0.15) is 0 Å². The van der Waals surface area contributed by atoms with Crippen molar-refractivity contribution in [3.8, 4) is 0 Å². The minimum atomic E-state index is -0.709. The highest BCUT2D eigenvalue weighted by molar-refractivity contribution is 6.39. The maximum absolute atomic E-state index is 11.8. The Labute approximate surface area is 129 Å². The Hall–Kier alpha value is -2.89. The summed E-state index contributed by atoms with van der Waals surface area (Å²) >= 11 is 0. The van der Waals surface area contributed by atoms with Gasteiger partial charge in [-0.3, -0.25) is 14.6 Å². The fraction of sp³-hybridized carbons (Fsp3) is 0.188. The van der Waals surface area contributed by atoms with Crippen molar-refractivity contribution in [1.82, 2.24) is 10.3 Å². The molecule has 22 heavy (non-hydrogen) atoms. The Morgan fingerprint density at radius 1 is 1.05 bits per heavy atom. The average Bonchev–Trinajstić information content (AvgIpc) is 2.55. The molecule has 0 fully saturated rings. The first-order chi connectivity index (χ1) is 10.6. The molecule has 0 spiro atoms. The lowest BCUT2D eigenvalue weighted by Crippen LogP contribution is -2.43. The highest BCUT2D eigenvalue weighted by Gasteiger charge is 2.16. The predicted molar refractivity (Wildman–Crippen MR) is 85.4 cm³/mol. The number of para-hydroxylation sites is 1. The molecule has 0 saturated carbocycles. The van der Waals surface area contributed by atoms with Crippen LogP contribution in [0.4, 0.5) is 11.4 Å². The molecule has 2 amide bonds. The average molecular weight is 298 g/mol. The molecule has 6 nitrogen and oxygen atoms in total. The molecule has 1 heterocycles. The van der Waals surface area contributed by atoms with Crippen molar-refractivity contribution >= 4 is 23.2 Å². The standard InChI is InChI=1S/C16H18N4O2/c1-12(10-18-13-6-3-2-4-7-13)19-15(21)16(22)20-14-8-5-9-17-11-14/h2-9,11-12,18H,10H2,1H3,(H,19,21)(H,20,22). The van der Waals surface area contributed by atoms with Crippen LogP contribution in [0, 0.1) is 0 Å². The summed E-state index contributed by atoms with van der Waals surface area (Å²) in [4.78, 5) is 27.4. The van der Waals surface area contributed by atoms with E-state index in [1.807, 2.05) is 37.3 Å². The van der Waals surface area contributed by atoms with E-state index < -0.39 is 11.8 Å². The van der Waals surface area contributed by atoms with Crippen LogP contribution in [-0.4, -0.2) is 29.4 Å². The first-order valence-corrected chi connectivity index (χ1v) is 6.96. The molecule has 2 rings (SSSR count). The number of benzene rings is 1. The van der Waals surface area contributed by atoms with Gasteiger partial charge in [0.2, 0.25) is 0 Å². The van der Waals surface area contributed by atoms with Crippen LogP contribution in [0.2, 0.25) is 0 Å². The van der Waals surface area contributed by atoms with Gasteiger partial charge in [-0.25, -0.2) is 0 Å². The SMILES string of the molecule is CC(CNc1ccccc1)NC(=O)C(=O)Nc1cccnc1. The molecule has 0 saturated heterocycles. The molecule has 0 aliphatic heterocycles. The van der Waals surface area contributed by atoms with Gasteiger partial charge in [-0.05, 0) is 31.2 Å². The predicted octanol–water partition coefficient (Wildman–Crippen LogP) is 1.64. The molecule has 0 aliphatic carbocycles. The number of nitrogens with one attached hydrogen (secondary N) is 3. The second kappa shape index (κ2) is 7.78. The van der Waals surface area contributed by atoms with Crippen LogP contribution < -0.4 is 16.0 Å². The maximum atomic E-state index is 11.8. The lowest BCUT2D eigenvalue weighted by atomic mass is 10.3. The summed E-state index contributed by atoms with van der Waals surface area (Å²) in [6, 6.07) is 12.8. The Balaban J connectivity index is 1.77. The van der Waals surface area contributed by atoms with Crippen LogP contribution in [0.15, 0.2) is 54.9 Å². The van der Waals surface area contributed by atoms with E-state index in [9.17, 15) is 9.59 Å². The Morgan fingerprint density at radius 2 is 1.77 bits per heavy atom. The third-order valence-corrected chi connectivity index (χ3v) is 2.89. The number of anilines is 2. The summed E-state index contributed by atoms with van der Waals surface area (Å²) < 4.78 is 0. The topological polar surface area (TPSA) is 83.1 Å². The van der Waals surface area contributed by atoms with Crippen molar-refractivity contribution in [2.75, 3.05) is 17.2 Å². The van der Waals surface area contributed by atoms with Gasteiger partial charge in [0.05, 0.1) is 11.9 Å². The second-order valence-electron chi connectivity index (χ2n) is 4.82. The molecule has 1 aromatic heterocycles. The van der Waals surface area contributed by atoms with Gasteiger partial charge in [0.15, 0.2) is 0 Å². The van der Waals surface area contributed by atoms with Crippen LogP contribution in [0.25, 0.3) is 0 Å². The molecule has 0 bridgehead atoms. The van der Waals surface area contributed by atoms with Crippen molar-refractivity contribution in [2.24, 2.45) is 0 Å². The molecule has 1 atom stereocenters. The van der Waals surface area contributed by atoms with Gasteiger partial charge in [-0.1, -0.05) is 18.2 Å². The second-order valence-corrected chi connectivity index (χ2v) is 4.82. The molecular weight excluding hydrogens is 280 g/mol. The first kappa shape index (κ1) is 15.5. The summed E-state index contributed by atoms with van der Waals surface area (Å²) in [5.41, 5.74) is 1.45. The molecular formula is C16H18N4O2. The highest BCUT2D eigenvalue weighted by Crippen LogP contribution is 2.05. The fourth-order valence-corrected chi connectivity index (χ4v) is 1.79. The number of amides is 2. The molecule has 114 valence electrons. The third kappa shape index (κ3) is 4.90. The van der Waals surface area contributed by atoms with Gasteiger partial charge in [0.1, 0.15) is 0 Å². The van der Waals surface area contributed by atoms with E-state index >= 15 is 0 Å². The zero-order valence-corrected chi connectivity index (χ0v) is 12.2. The van der Waals surface area contributed by atoms with Crippen molar-refractivity contribution in [3.05, 3.63) is 54.9 Å². The number of aromatic nitrogens is 1. The number of carbonyl (C=O) groups excluding carboxylic acids is 2. The van der Waals surface area contributed by atoms with Gasteiger partial charge in [0, 0.05) is 24.5 Å². The Bertz CT molecular complexity index is 617. The summed E-state index contributed by atoms with van der Waals surface area (Å²) in [6.07, 6.45) is 3.07. The number of nitrogens with zero attached hydrogens (tertiary/aromatic N) is 1. The molecule has 0 aliphatic rings. The van der Waals surface area contributed by atoms with E-state index in [4.69, 9.17) is 0 Å². The van der Waals surface area contributed by atoms with Crippen LogP contribution >= 0.6 is 0 Å². The third-order valence-electron chi connectivity index (χ3n) is 2.89. The summed E-state index contributed by atoms with van der Waals surface area (Å²) in [5, 5.41) is 8.31. The molecule has 2 aromatic rings. The van der Waals surface area contributed by atoms with Crippen molar-refractivity contribution in [3.63, 3.8) is 0 Å². The van der Waals surface area contributed by atoms with Crippen LogP contribution in [-0.2, 0) is 9.59 Å². The van der Waals surface area contributed by atoms with Crippen LogP contribution in [0.1, 0.15) is 6.92 Å². The Kier molecular flexibility index (Phi) is 5.48. The minimum absolute atomic E-state index is 0.188. The molecule has 1 unspecified atom stereocenters. The van der Waals surface area contributed by atoms with E-state index in [1.54, 1.807) is 18.3 Å². The van der Waals surface area contributed by atoms with Crippen LogP contribution in [0.5, 0.6) is 0 Å². The van der Waals surface area contributed by atoms with E-state index in [-0.39, 0.29) is 6.04 Å².